The second kappa shape index (κ2) is 3.48. The van der Waals surface area contributed by atoms with Gasteiger partial charge < -0.3 is 10.2 Å². The second-order valence-electron chi connectivity index (χ2n) is 3.56. The van der Waals surface area contributed by atoms with Crippen molar-refractivity contribution in [3.63, 3.8) is 0 Å². The van der Waals surface area contributed by atoms with Crippen LogP contribution in [0.3, 0.4) is 0 Å². The molecule has 2 heteroatoms. The molecule has 70 valence electrons. The van der Waals surface area contributed by atoms with E-state index in [0.29, 0.717) is 5.92 Å². The predicted molar refractivity (Wildman–Crippen MR) is 50.5 cm³/mol. The monoisotopic (exact) mass is 178 g/mol. The molecule has 2 nitrogen and oxygen atoms in total. The van der Waals surface area contributed by atoms with E-state index in [1.165, 1.54) is 11.1 Å². The summed E-state index contributed by atoms with van der Waals surface area (Å²) in [6, 6.07) is 5.97. The molecule has 1 aromatic rings. The number of aliphatic hydroxyl groups excluding tert-OH is 2. The number of fused-ring (bicyclic) bond motifs is 1. The van der Waals surface area contributed by atoms with Crippen molar-refractivity contribution in [3.05, 3.63) is 34.9 Å². The Bertz CT molecular complexity index is 307. The highest BCUT2D eigenvalue weighted by atomic mass is 16.3. The molecule has 0 saturated heterocycles. The van der Waals surface area contributed by atoms with Gasteiger partial charge in [0.25, 0.3) is 0 Å². The molecule has 1 aliphatic rings. The van der Waals surface area contributed by atoms with Gasteiger partial charge in [-0.25, -0.2) is 0 Å². The molecule has 0 saturated carbocycles. The van der Waals surface area contributed by atoms with Crippen LogP contribution in [0.4, 0.5) is 0 Å². The molecule has 1 atom stereocenters. The molecular weight excluding hydrogens is 164 g/mol. The fraction of sp³-hybridized carbons (Fsp3) is 0.455. The zero-order valence-electron chi connectivity index (χ0n) is 7.53. The van der Waals surface area contributed by atoms with Crippen LogP contribution >= 0.6 is 0 Å². The molecule has 0 unspecified atom stereocenters. The highest BCUT2D eigenvalue weighted by Crippen LogP contribution is 2.34. The van der Waals surface area contributed by atoms with Crippen molar-refractivity contribution >= 4 is 0 Å². The van der Waals surface area contributed by atoms with E-state index in [-0.39, 0.29) is 13.2 Å². The van der Waals surface area contributed by atoms with Crippen molar-refractivity contribution in [2.75, 3.05) is 6.61 Å². The summed E-state index contributed by atoms with van der Waals surface area (Å²) in [6.07, 6.45) is 2.01. The van der Waals surface area contributed by atoms with E-state index in [0.717, 1.165) is 18.4 Å². The Balaban J connectivity index is 2.43. The highest BCUT2D eigenvalue weighted by molar-refractivity contribution is 5.40. The maximum absolute atomic E-state index is 9.11. The Morgan fingerprint density at radius 3 is 2.85 bits per heavy atom. The van der Waals surface area contributed by atoms with Crippen molar-refractivity contribution in [3.8, 4) is 0 Å². The molecule has 0 radical (unpaired) electrons. The summed E-state index contributed by atoms with van der Waals surface area (Å²) >= 11 is 0. The molecule has 13 heavy (non-hydrogen) atoms. The second-order valence-corrected chi connectivity index (χ2v) is 3.56. The summed E-state index contributed by atoms with van der Waals surface area (Å²) < 4.78 is 0. The van der Waals surface area contributed by atoms with Crippen LogP contribution in [0, 0.1) is 0 Å². The molecule has 1 aliphatic carbocycles. The van der Waals surface area contributed by atoms with Crippen LogP contribution in [0.1, 0.15) is 29.0 Å². The smallest absolute Gasteiger partial charge is 0.0684 e. The first-order valence-corrected chi connectivity index (χ1v) is 4.69. The van der Waals surface area contributed by atoms with E-state index in [1.54, 1.807) is 0 Å². The predicted octanol–water partition coefficient (Wildman–Crippen LogP) is 1.20. The molecule has 0 spiro atoms. The van der Waals surface area contributed by atoms with Crippen LogP contribution in [0.25, 0.3) is 0 Å². The summed E-state index contributed by atoms with van der Waals surface area (Å²) in [4.78, 5) is 0. The van der Waals surface area contributed by atoms with Crippen molar-refractivity contribution < 1.29 is 10.2 Å². The maximum atomic E-state index is 9.11. The van der Waals surface area contributed by atoms with Crippen LogP contribution in [-0.2, 0) is 13.0 Å². The highest BCUT2D eigenvalue weighted by Gasteiger charge is 2.23. The Morgan fingerprint density at radius 1 is 1.31 bits per heavy atom. The fourth-order valence-corrected chi connectivity index (χ4v) is 2.15. The van der Waals surface area contributed by atoms with Crippen molar-refractivity contribution in [2.24, 2.45) is 0 Å². The van der Waals surface area contributed by atoms with Gasteiger partial charge in [0.1, 0.15) is 0 Å². The summed E-state index contributed by atoms with van der Waals surface area (Å²) in [5.41, 5.74) is 3.51. The largest absolute Gasteiger partial charge is 0.396 e. The molecular formula is C11H14O2. The van der Waals surface area contributed by atoms with Gasteiger partial charge in [0, 0.05) is 12.5 Å². The summed E-state index contributed by atoms with van der Waals surface area (Å²) in [5.74, 6) is 0.293. The molecule has 0 fully saturated rings. The van der Waals surface area contributed by atoms with E-state index in [4.69, 9.17) is 10.2 Å². The van der Waals surface area contributed by atoms with Crippen LogP contribution in [0.5, 0.6) is 0 Å². The van der Waals surface area contributed by atoms with Gasteiger partial charge in [-0.1, -0.05) is 18.2 Å². The van der Waals surface area contributed by atoms with E-state index in [9.17, 15) is 0 Å². The van der Waals surface area contributed by atoms with Gasteiger partial charge in [0.05, 0.1) is 6.61 Å². The third kappa shape index (κ3) is 1.36. The molecule has 0 amide bonds. The SMILES string of the molecule is OCc1cccc2c1CC[C@H]2CO. The lowest BCUT2D eigenvalue weighted by atomic mass is 9.99. The lowest BCUT2D eigenvalue weighted by Crippen LogP contribution is -1.99. The Morgan fingerprint density at radius 2 is 2.15 bits per heavy atom. The van der Waals surface area contributed by atoms with Crippen molar-refractivity contribution in [2.45, 2.75) is 25.4 Å². The number of hydrogen-bond acceptors (Lipinski definition) is 2. The van der Waals surface area contributed by atoms with E-state index in [2.05, 4.69) is 6.07 Å². The minimum atomic E-state index is 0.112. The zero-order valence-corrected chi connectivity index (χ0v) is 7.53. The molecule has 0 bridgehead atoms. The Kier molecular flexibility index (Phi) is 2.34. The molecule has 0 aliphatic heterocycles. The van der Waals surface area contributed by atoms with Gasteiger partial charge >= 0.3 is 0 Å². The average Bonchev–Trinajstić information content (AvgIpc) is 2.60. The van der Waals surface area contributed by atoms with Crippen LogP contribution < -0.4 is 0 Å². The molecule has 0 heterocycles. The molecule has 2 rings (SSSR count). The number of rotatable bonds is 2. The number of hydrogen-bond donors (Lipinski definition) is 2. The number of benzene rings is 1. The average molecular weight is 178 g/mol. The van der Waals surface area contributed by atoms with E-state index in [1.807, 2.05) is 12.1 Å². The van der Waals surface area contributed by atoms with Crippen LogP contribution in [0.15, 0.2) is 18.2 Å². The van der Waals surface area contributed by atoms with Gasteiger partial charge in [-0.05, 0) is 29.5 Å². The summed E-state index contributed by atoms with van der Waals surface area (Å²) in [6.45, 7) is 0.337. The topological polar surface area (TPSA) is 40.5 Å². The van der Waals surface area contributed by atoms with Crippen molar-refractivity contribution in [1.29, 1.82) is 0 Å². The lowest BCUT2D eigenvalue weighted by Gasteiger charge is -2.08. The van der Waals surface area contributed by atoms with Gasteiger partial charge in [-0.15, -0.1) is 0 Å². The third-order valence-electron chi connectivity index (χ3n) is 2.88. The van der Waals surface area contributed by atoms with Gasteiger partial charge in [-0.2, -0.15) is 0 Å². The minimum absolute atomic E-state index is 0.112. The summed E-state index contributed by atoms with van der Waals surface area (Å²) in [7, 11) is 0. The lowest BCUT2D eigenvalue weighted by molar-refractivity contribution is 0.265. The standard InChI is InChI=1S/C11H14O2/c12-6-8-2-1-3-10-9(7-13)4-5-11(8)10/h1-3,9,12-13H,4-7H2/t9-/m0/s1. The minimum Gasteiger partial charge on any atom is -0.396 e. The van der Waals surface area contributed by atoms with Gasteiger partial charge in [0.15, 0.2) is 0 Å². The van der Waals surface area contributed by atoms with Gasteiger partial charge in [-0.3, -0.25) is 0 Å². The van der Waals surface area contributed by atoms with Gasteiger partial charge in [0.2, 0.25) is 0 Å². The molecule has 2 N–H and O–H groups in total. The van der Waals surface area contributed by atoms with E-state index >= 15 is 0 Å². The quantitative estimate of drug-likeness (QED) is 0.714. The first-order chi connectivity index (χ1) is 6.36. The Hall–Kier alpha value is -0.860. The first kappa shape index (κ1) is 8.73. The molecule has 1 aromatic carbocycles. The fourth-order valence-electron chi connectivity index (χ4n) is 2.15. The van der Waals surface area contributed by atoms with Crippen molar-refractivity contribution in [1.82, 2.24) is 0 Å². The normalized spacial score (nSPS) is 20.3. The van der Waals surface area contributed by atoms with Crippen LogP contribution in [0.2, 0.25) is 0 Å². The molecule has 0 aromatic heterocycles. The Labute approximate surface area is 77.8 Å². The van der Waals surface area contributed by atoms with Crippen LogP contribution in [-0.4, -0.2) is 16.8 Å². The zero-order chi connectivity index (χ0) is 9.26. The number of aliphatic hydroxyl groups is 2. The first-order valence-electron chi connectivity index (χ1n) is 4.69. The van der Waals surface area contributed by atoms with E-state index < -0.39 is 0 Å². The maximum Gasteiger partial charge on any atom is 0.0684 e. The summed E-state index contributed by atoms with van der Waals surface area (Å²) in [5, 5.41) is 18.2. The third-order valence-corrected chi connectivity index (χ3v) is 2.88.